The van der Waals surface area contributed by atoms with E-state index in [1.54, 1.807) is 0 Å². The summed E-state index contributed by atoms with van der Waals surface area (Å²) in [7, 11) is 2.01. The number of nitrogens with two attached hydrogens (primary N) is 1. The number of ether oxygens (including phenoxy) is 1. The molecule has 0 radical (unpaired) electrons. The minimum absolute atomic E-state index is 0.541. The van der Waals surface area contributed by atoms with Crippen LogP contribution in [0.1, 0.15) is 39.0 Å². The molecule has 2 rings (SSSR count). The normalized spacial score (nSPS) is 17.1. The Morgan fingerprint density at radius 1 is 1.35 bits per heavy atom. The van der Waals surface area contributed by atoms with Gasteiger partial charge in [-0.3, -0.25) is 0 Å². The van der Waals surface area contributed by atoms with Crippen molar-refractivity contribution in [2.24, 2.45) is 0 Å². The molecule has 0 aliphatic heterocycles. The molecule has 0 atom stereocenters. The van der Waals surface area contributed by atoms with Gasteiger partial charge in [0.1, 0.15) is 5.75 Å². The van der Waals surface area contributed by atoms with Crippen LogP contribution in [0.3, 0.4) is 0 Å². The number of rotatable bonds is 6. The fourth-order valence-corrected chi connectivity index (χ4v) is 2.82. The Bertz CT molecular complexity index is 442. The summed E-state index contributed by atoms with van der Waals surface area (Å²) in [6.07, 6.45) is 4.99. The van der Waals surface area contributed by atoms with Crippen LogP contribution in [0, 0.1) is 0 Å². The predicted molar refractivity (Wildman–Crippen MR) is 83.3 cm³/mol. The number of anilines is 2. The van der Waals surface area contributed by atoms with Gasteiger partial charge in [-0.25, -0.2) is 0 Å². The van der Waals surface area contributed by atoms with Crippen LogP contribution in [-0.4, -0.2) is 30.9 Å². The summed E-state index contributed by atoms with van der Waals surface area (Å²) in [5.41, 5.74) is 7.08. The second kappa shape index (κ2) is 6.35. The van der Waals surface area contributed by atoms with Crippen LogP contribution >= 0.6 is 0 Å². The van der Waals surface area contributed by atoms with Crippen LogP contribution in [0.2, 0.25) is 0 Å². The van der Waals surface area contributed by atoms with Gasteiger partial charge in [0.2, 0.25) is 0 Å². The Labute approximate surface area is 121 Å². The smallest absolute Gasteiger partial charge is 0.144 e. The molecule has 0 saturated heterocycles. The van der Waals surface area contributed by atoms with Crippen LogP contribution in [0.4, 0.5) is 11.4 Å². The first kappa shape index (κ1) is 15.0. The fraction of sp³-hybridized carbons (Fsp3) is 0.625. The highest BCUT2D eigenvalue weighted by Crippen LogP contribution is 2.33. The number of aliphatic hydroxyl groups is 1. The molecule has 1 aromatic rings. The van der Waals surface area contributed by atoms with E-state index in [0.29, 0.717) is 18.8 Å². The minimum atomic E-state index is -0.541. The molecule has 3 N–H and O–H groups in total. The molecule has 4 heteroatoms. The van der Waals surface area contributed by atoms with Crippen molar-refractivity contribution in [3.05, 3.63) is 18.2 Å². The Morgan fingerprint density at radius 2 is 2.05 bits per heavy atom. The molecule has 1 fully saturated rings. The van der Waals surface area contributed by atoms with Gasteiger partial charge < -0.3 is 20.5 Å². The topological polar surface area (TPSA) is 58.7 Å². The van der Waals surface area contributed by atoms with Crippen molar-refractivity contribution in [2.45, 2.75) is 44.6 Å². The fourth-order valence-electron chi connectivity index (χ4n) is 2.82. The maximum atomic E-state index is 10.5. The maximum absolute atomic E-state index is 10.5. The van der Waals surface area contributed by atoms with Crippen molar-refractivity contribution in [1.82, 2.24) is 0 Å². The highest BCUT2D eigenvalue weighted by Gasteiger charge is 2.32. The molecule has 0 unspecified atom stereocenters. The van der Waals surface area contributed by atoms with Gasteiger partial charge in [-0.05, 0) is 31.4 Å². The summed E-state index contributed by atoms with van der Waals surface area (Å²) in [4.78, 5) is 2.09. The van der Waals surface area contributed by atoms with Gasteiger partial charge >= 0.3 is 0 Å². The average molecular weight is 278 g/mol. The maximum Gasteiger partial charge on any atom is 0.144 e. The summed E-state index contributed by atoms with van der Waals surface area (Å²) >= 11 is 0. The molecule has 4 nitrogen and oxygen atoms in total. The van der Waals surface area contributed by atoms with Crippen LogP contribution in [-0.2, 0) is 0 Å². The van der Waals surface area contributed by atoms with E-state index >= 15 is 0 Å². The van der Waals surface area contributed by atoms with Crippen molar-refractivity contribution in [3.8, 4) is 5.75 Å². The Hall–Kier alpha value is -1.42. The summed E-state index contributed by atoms with van der Waals surface area (Å²) in [5, 5.41) is 10.5. The zero-order valence-electron chi connectivity index (χ0n) is 12.6. The molecule has 1 saturated carbocycles. The van der Waals surface area contributed by atoms with Crippen LogP contribution < -0.4 is 15.4 Å². The van der Waals surface area contributed by atoms with E-state index in [-0.39, 0.29) is 0 Å². The second-order valence-electron chi connectivity index (χ2n) is 5.86. The molecule has 1 aliphatic carbocycles. The SMILES string of the molecule is CCCOc1cc(N(C)CC2(O)CCCC2)ccc1N. The first-order valence-corrected chi connectivity index (χ1v) is 7.50. The lowest BCUT2D eigenvalue weighted by atomic mass is 10.0. The van der Waals surface area contributed by atoms with E-state index in [9.17, 15) is 5.11 Å². The first-order valence-electron chi connectivity index (χ1n) is 7.50. The van der Waals surface area contributed by atoms with E-state index in [2.05, 4.69) is 11.8 Å². The van der Waals surface area contributed by atoms with E-state index in [1.165, 1.54) is 0 Å². The van der Waals surface area contributed by atoms with Gasteiger partial charge in [-0.1, -0.05) is 19.8 Å². The standard InChI is InChI=1S/C16H26N2O2/c1-3-10-20-15-11-13(6-7-14(15)17)18(2)12-16(19)8-4-5-9-16/h6-7,11,19H,3-5,8-10,12,17H2,1-2H3. The quantitative estimate of drug-likeness (QED) is 0.786. The summed E-state index contributed by atoms with van der Waals surface area (Å²) in [6.45, 7) is 3.40. The highest BCUT2D eigenvalue weighted by molar-refractivity contribution is 5.62. The molecule has 0 aromatic heterocycles. The lowest BCUT2D eigenvalue weighted by molar-refractivity contribution is 0.0559. The van der Waals surface area contributed by atoms with E-state index in [0.717, 1.165) is 43.5 Å². The number of likely N-dealkylation sites (N-methyl/N-ethyl adjacent to an activating group) is 1. The molecule has 1 aliphatic rings. The third kappa shape index (κ3) is 3.57. The first-order chi connectivity index (χ1) is 9.54. The zero-order chi connectivity index (χ0) is 14.6. The monoisotopic (exact) mass is 278 g/mol. The minimum Gasteiger partial charge on any atom is -0.491 e. The molecule has 0 heterocycles. The largest absolute Gasteiger partial charge is 0.491 e. The third-order valence-corrected chi connectivity index (χ3v) is 3.97. The second-order valence-corrected chi connectivity index (χ2v) is 5.86. The summed E-state index contributed by atoms with van der Waals surface area (Å²) in [5.74, 6) is 0.731. The Morgan fingerprint density at radius 3 is 2.70 bits per heavy atom. The number of hydrogen-bond donors (Lipinski definition) is 2. The summed E-state index contributed by atoms with van der Waals surface area (Å²) < 4.78 is 5.66. The lowest BCUT2D eigenvalue weighted by Crippen LogP contribution is -2.39. The molecule has 112 valence electrons. The van der Waals surface area contributed by atoms with Crippen molar-refractivity contribution in [1.29, 1.82) is 0 Å². The number of nitrogens with zero attached hydrogens (tertiary/aromatic N) is 1. The van der Waals surface area contributed by atoms with Crippen molar-refractivity contribution in [3.63, 3.8) is 0 Å². The predicted octanol–water partition coefficient (Wildman–Crippen LogP) is 2.80. The Kier molecular flexibility index (Phi) is 4.76. The third-order valence-electron chi connectivity index (χ3n) is 3.97. The van der Waals surface area contributed by atoms with Gasteiger partial charge in [-0.15, -0.1) is 0 Å². The number of benzene rings is 1. The van der Waals surface area contributed by atoms with Gasteiger partial charge in [0.15, 0.2) is 0 Å². The number of hydrogen-bond acceptors (Lipinski definition) is 4. The zero-order valence-corrected chi connectivity index (χ0v) is 12.6. The van der Waals surface area contributed by atoms with Crippen LogP contribution in [0.15, 0.2) is 18.2 Å². The summed E-state index contributed by atoms with van der Waals surface area (Å²) in [6, 6.07) is 5.81. The van der Waals surface area contributed by atoms with Crippen molar-refractivity contribution >= 4 is 11.4 Å². The molecule has 0 bridgehead atoms. The van der Waals surface area contributed by atoms with E-state index < -0.39 is 5.60 Å². The van der Waals surface area contributed by atoms with Crippen LogP contribution in [0.25, 0.3) is 0 Å². The van der Waals surface area contributed by atoms with Gasteiger partial charge in [0.05, 0.1) is 17.9 Å². The molecule has 0 spiro atoms. The van der Waals surface area contributed by atoms with Gasteiger partial charge in [0, 0.05) is 25.3 Å². The molecular formula is C16H26N2O2. The molecule has 20 heavy (non-hydrogen) atoms. The Balaban J connectivity index is 2.07. The van der Waals surface area contributed by atoms with Crippen molar-refractivity contribution in [2.75, 3.05) is 30.8 Å². The van der Waals surface area contributed by atoms with Crippen LogP contribution in [0.5, 0.6) is 5.75 Å². The van der Waals surface area contributed by atoms with E-state index in [4.69, 9.17) is 10.5 Å². The van der Waals surface area contributed by atoms with Gasteiger partial charge in [0.25, 0.3) is 0 Å². The van der Waals surface area contributed by atoms with E-state index in [1.807, 2.05) is 25.2 Å². The molecule has 1 aromatic carbocycles. The van der Waals surface area contributed by atoms with Crippen molar-refractivity contribution < 1.29 is 9.84 Å². The van der Waals surface area contributed by atoms with Gasteiger partial charge in [-0.2, -0.15) is 0 Å². The number of nitrogen functional groups attached to an aromatic ring is 1. The highest BCUT2D eigenvalue weighted by atomic mass is 16.5. The average Bonchev–Trinajstić information content (AvgIpc) is 2.84. The molecular weight excluding hydrogens is 252 g/mol. The molecule has 0 amide bonds. The lowest BCUT2D eigenvalue weighted by Gasteiger charge is -2.30.